The van der Waals surface area contributed by atoms with Gasteiger partial charge in [-0.2, -0.15) is 39.5 Å². The Kier molecular flexibility index (Phi) is 9.61. The fourth-order valence-electron chi connectivity index (χ4n) is 5.19. The normalized spacial score (nSPS) is 20.1. The Labute approximate surface area is 219 Å². The van der Waals surface area contributed by atoms with Crippen molar-refractivity contribution in [2.24, 2.45) is 5.92 Å². The summed E-state index contributed by atoms with van der Waals surface area (Å²) in [4.78, 5) is 13.1. The Morgan fingerprint density at radius 3 is 2.10 bits per heavy atom. The Balaban J connectivity index is 1.90. The molecular weight excluding hydrogens is 541 g/mol. The van der Waals surface area contributed by atoms with Crippen LogP contribution in [0.2, 0.25) is 0 Å². The van der Waals surface area contributed by atoms with E-state index in [1.165, 1.54) is 24.3 Å². The first-order chi connectivity index (χ1) is 18.0. The maximum Gasteiger partial charge on any atom is 0.416 e. The molecule has 0 amide bonds. The first-order valence-electron chi connectivity index (χ1n) is 12.4. The molecule has 1 heterocycles. The van der Waals surface area contributed by atoms with E-state index in [-0.39, 0.29) is 44.6 Å². The number of benzene rings is 2. The van der Waals surface area contributed by atoms with Gasteiger partial charge in [0.15, 0.2) is 0 Å². The number of carbonyl (C=O) groups is 1. The highest BCUT2D eigenvalue weighted by Crippen LogP contribution is 2.41. The van der Waals surface area contributed by atoms with Gasteiger partial charge < -0.3 is 5.11 Å². The SMILES string of the molecule is O=C(O)CC1CCN([C@H](CCc2cccc(C(F)(F)F)c2)CCC(F)(F)F)C(c2ccc(C(F)(F)F)cc2)C1. The molecule has 2 aromatic rings. The number of hydrogen-bond acceptors (Lipinski definition) is 2. The zero-order chi connectivity index (χ0) is 29.0. The molecular formula is C27H28F9NO2. The highest BCUT2D eigenvalue weighted by molar-refractivity contribution is 5.67. The second-order valence-corrected chi connectivity index (χ2v) is 9.91. The maximum absolute atomic E-state index is 13.2. The molecule has 1 aliphatic heterocycles. The number of alkyl halides is 9. The van der Waals surface area contributed by atoms with Gasteiger partial charge in [-0.25, -0.2) is 0 Å². The van der Waals surface area contributed by atoms with Gasteiger partial charge in [0, 0.05) is 24.9 Å². The molecule has 0 aromatic heterocycles. The van der Waals surface area contributed by atoms with Gasteiger partial charge in [-0.05, 0) is 73.9 Å². The standard InChI is InChI=1S/C27H28F9NO2/c28-25(29,30)12-10-22(9-4-17-2-1-3-21(14-17)27(34,35)36)37-13-11-18(16-24(38)39)15-23(37)19-5-7-20(8-6-19)26(31,32)33/h1-3,5-8,14,18,22-23H,4,9-13,15-16H2,(H,38,39)/t18?,22-,23?/m1/s1. The van der Waals surface area contributed by atoms with Crippen LogP contribution in [0.25, 0.3) is 0 Å². The van der Waals surface area contributed by atoms with Crippen molar-refractivity contribution in [1.29, 1.82) is 0 Å². The molecule has 0 spiro atoms. The number of aliphatic carboxylic acids is 1. The minimum absolute atomic E-state index is 0.0568. The molecule has 1 aliphatic rings. The number of halogens is 9. The molecule has 0 saturated carbocycles. The fraction of sp³-hybridized carbons (Fsp3) is 0.519. The lowest BCUT2D eigenvalue weighted by Crippen LogP contribution is -2.44. The minimum atomic E-state index is -4.59. The van der Waals surface area contributed by atoms with Gasteiger partial charge in [0.2, 0.25) is 0 Å². The number of piperidine rings is 1. The molecule has 1 fully saturated rings. The van der Waals surface area contributed by atoms with Gasteiger partial charge in [0.1, 0.15) is 0 Å². The van der Waals surface area contributed by atoms with Crippen LogP contribution in [0, 0.1) is 5.92 Å². The number of carboxylic acid groups (broad SMARTS) is 1. The average molecular weight is 570 g/mol. The first-order valence-corrected chi connectivity index (χ1v) is 12.4. The van der Waals surface area contributed by atoms with Gasteiger partial charge in [-0.15, -0.1) is 0 Å². The van der Waals surface area contributed by atoms with Crippen molar-refractivity contribution in [3.8, 4) is 0 Å². The number of aryl methyl sites for hydroxylation is 1. The van der Waals surface area contributed by atoms with Crippen LogP contribution in [0.15, 0.2) is 48.5 Å². The summed E-state index contributed by atoms with van der Waals surface area (Å²) in [7, 11) is 0. The Morgan fingerprint density at radius 2 is 1.54 bits per heavy atom. The second-order valence-electron chi connectivity index (χ2n) is 9.91. The monoisotopic (exact) mass is 569 g/mol. The number of hydrogen-bond donors (Lipinski definition) is 1. The van der Waals surface area contributed by atoms with Crippen molar-refractivity contribution < 1.29 is 49.4 Å². The van der Waals surface area contributed by atoms with Crippen LogP contribution in [0.1, 0.15) is 66.8 Å². The van der Waals surface area contributed by atoms with E-state index in [2.05, 4.69) is 0 Å². The third-order valence-electron chi connectivity index (χ3n) is 7.09. The molecule has 3 rings (SSSR count). The largest absolute Gasteiger partial charge is 0.481 e. The molecule has 0 bridgehead atoms. The molecule has 2 aromatic carbocycles. The summed E-state index contributed by atoms with van der Waals surface area (Å²) in [5.41, 5.74) is -1.05. The molecule has 12 heteroatoms. The van der Waals surface area contributed by atoms with E-state index in [0.29, 0.717) is 17.5 Å². The van der Waals surface area contributed by atoms with E-state index in [9.17, 15) is 49.4 Å². The van der Waals surface area contributed by atoms with Crippen molar-refractivity contribution in [3.05, 3.63) is 70.8 Å². The molecule has 39 heavy (non-hydrogen) atoms. The Morgan fingerprint density at radius 1 is 0.897 bits per heavy atom. The summed E-state index contributed by atoms with van der Waals surface area (Å²) in [5.74, 6) is -1.39. The predicted molar refractivity (Wildman–Crippen MR) is 125 cm³/mol. The molecule has 2 unspecified atom stereocenters. The van der Waals surface area contributed by atoms with Crippen LogP contribution in [0.5, 0.6) is 0 Å². The highest BCUT2D eigenvalue weighted by Gasteiger charge is 2.38. The van der Waals surface area contributed by atoms with Crippen molar-refractivity contribution in [2.45, 2.75) is 75.6 Å². The quantitative estimate of drug-likeness (QED) is 0.309. The Hall–Kier alpha value is -2.76. The van der Waals surface area contributed by atoms with Crippen LogP contribution in [0.4, 0.5) is 39.5 Å². The number of rotatable bonds is 9. The number of likely N-dealkylation sites (tertiary alicyclic amines) is 1. The van der Waals surface area contributed by atoms with E-state index >= 15 is 0 Å². The fourth-order valence-corrected chi connectivity index (χ4v) is 5.19. The zero-order valence-electron chi connectivity index (χ0n) is 20.7. The van der Waals surface area contributed by atoms with Crippen LogP contribution in [-0.2, 0) is 23.6 Å². The van der Waals surface area contributed by atoms with E-state index < -0.39 is 54.1 Å². The van der Waals surface area contributed by atoms with Gasteiger partial charge in [0.05, 0.1) is 11.1 Å². The molecule has 216 valence electrons. The van der Waals surface area contributed by atoms with Crippen LogP contribution in [-0.4, -0.2) is 34.7 Å². The van der Waals surface area contributed by atoms with E-state index in [4.69, 9.17) is 0 Å². The lowest BCUT2D eigenvalue weighted by molar-refractivity contribution is -0.141. The summed E-state index contributed by atoms with van der Waals surface area (Å²) in [6.07, 6.45) is -14.6. The molecule has 0 radical (unpaired) electrons. The molecule has 1 saturated heterocycles. The van der Waals surface area contributed by atoms with Crippen LogP contribution in [0.3, 0.4) is 0 Å². The molecule has 3 atom stereocenters. The third kappa shape index (κ3) is 9.15. The van der Waals surface area contributed by atoms with Crippen molar-refractivity contribution in [3.63, 3.8) is 0 Å². The van der Waals surface area contributed by atoms with Gasteiger partial charge in [-0.1, -0.05) is 30.3 Å². The number of nitrogens with zero attached hydrogens (tertiary/aromatic N) is 1. The first kappa shape index (κ1) is 30.8. The minimum Gasteiger partial charge on any atom is -0.481 e. The van der Waals surface area contributed by atoms with E-state index in [0.717, 1.165) is 24.3 Å². The van der Waals surface area contributed by atoms with Crippen LogP contribution < -0.4 is 0 Å². The molecule has 0 aliphatic carbocycles. The summed E-state index contributed by atoms with van der Waals surface area (Å²) in [6, 6.07) is 7.39. The topological polar surface area (TPSA) is 40.5 Å². The lowest BCUT2D eigenvalue weighted by atomic mass is 9.83. The third-order valence-corrected chi connectivity index (χ3v) is 7.09. The van der Waals surface area contributed by atoms with Gasteiger partial charge >= 0.3 is 24.5 Å². The highest BCUT2D eigenvalue weighted by atomic mass is 19.4. The second kappa shape index (κ2) is 12.2. The van der Waals surface area contributed by atoms with Crippen molar-refractivity contribution >= 4 is 5.97 Å². The summed E-state index contributed by atoms with van der Waals surface area (Å²) < 4.78 is 118. The van der Waals surface area contributed by atoms with Gasteiger partial charge in [0.25, 0.3) is 0 Å². The number of carboxylic acids is 1. The average Bonchev–Trinajstić information content (AvgIpc) is 2.82. The summed E-state index contributed by atoms with van der Waals surface area (Å²) >= 11 is 0. The maximum atomic E-state index is 13.2. The summed E-state index contributed by atoms with van der Waals surface area (Å²) in [5, 5.41) is 9.24. The van der Waals surface area contributed by atoms with E-state index in [1.54, 1.807) is 4.90 Å². The summed E-state index contributed by atoms with van der Waals surface area (Å²) in [6.45, 7) is 0.203. The van der Waals surface area contributed by atoms with Crippen molar-refractivity contribution in [1.82, 2.24) is 4.90 Å². The smallest absolute Gasteiger partial charge is 0.416 e. The molecule has 3 nitrogen and oxygen atoms in total. The molecule has 1 N–H and O–H groups in total. The Bertz CT molecular complexity index is 1090. The predicted octanol–water partition coefficient (Wildman–Crippen LogP) is 8.30. The van der Waals surface area contributed by atoms with Crippen molar-refractivity contribution in [2.75, 3.05) is 6.54 Å². The lowest BCUT2D eigenvalue weighted by Gasteiger charge is -2.44. The van der Waals surface area contributed by atoms with E-state index in [1.807, 2.05) is 0 Å². The zero-order valence-corrected chi connectivity index (χ0v) is 20.7. The van der Waals surface area contributed by atoms with Gasteiger partial charge in [-0.3, -0.25) is 9.69 Å². The van der Waals surface area contributed by atoms with Crippen LogP contribution >= 0.6 is 0 Å².